The number of nitrogens with zero attached hydrogens (tertiary/aromatic N) is 1. The van der Waals surface area contributed by atoms with E-state index in [2.05, 4.69) is 0 Å². The van der Waals surface area contributed by atoms with Crippen LogP contribution in [-0.4, -0.2) is 31.5 Å². The predicted octanol–water partition coefficient (Wildman–Crippen LogP) is 2.16. The third kappa shape index (κ3) is 3.70. The van der Waals surface area contributed by atoms with Gasteiger partial charge in [-0.2, -0.15) is 0 Å². The first kappa shape index (κ1) is 14.3. The highest BCUT2D eigenvalue weighted by atomic mass is 35.7. The SMILES string of the molecule is CC(c1ccccc1)N1CC(CS(=O)(=O)Cl)CC1=O. The van der Waals surface area contributed by atoms with E-state index in [9.17, 15) is 13.2 Å². The van der Waals surface area contributed by atoms with Crippen LogP contribution in [0.1, 0.15) is 24.9 Å². The number of amides is 1. The van der Waals surface area contributed by atoms with Crippen molar-refractivity contribution >= 4 is 25.6 Å². The van der Waals surface area contributed by atoms with E-state index < -0.39 is 9.05 Å². The molecular formula is C13H16ClNO3S. The summed E-state index contributed by atoms with van der Waals surface area (Å²) in [4.78, 5) is 13.7. The summed E-state index contributed by atoms with van der Waals surface area (Å²) < 4.78 is 22.2. The quantitative estimate of drug-likeness (QED) is 0.801. The van der Waals surface area contributed by atoms with E-state index in [0.717, 1.165) is 5.56 Å². The summed E-state index contributed by atoms with van der Waals surface area (Å²) in [6.07, 6.45) is 0.253. The molecule has 0 aromatic heterocycles. The van der Waals surface area contributed by atoms with Crippen molar-refractivity contribution in [1.29, 1.82) is 0 Å². The van der Waals surface area contributed by atoms with Crippen LogP contribution in [0, 0.1) is 5.92 Å². The Balaban J connectivity index is 2.08. The van der Waals surface area contributed by atoms with Gasteiger partial charge in [-0.25, -0.2) is 8.42 Å². The topological polar surface area (TPSA) is 54.5 Å². The van der Waals surface area contributed by atoms with Gasteiger partial charge in [0.25, 0.3) is 0 Å². The van der Waals surface area contributed by atoms with Gasteiger partial charge in [-0.05, 0) is 12.5 Å². The Morgan fingerprint density at radius 2 is 2.00 bits per heavy atom. The Bertz CT molecular complexity index is 559. The van der Waals surface area contributed by atoms with Crippen LogP contribution in [-0.2, 0) is 13.8 Å². The molecule has 1 aliphatic heterocycles. The lowest BCUT2D eigenvalue weighted by atomic mass is 10.1. The lowest BCUT2D eigenvalue weighted by Crippen LogP contribution is -2.29. The highest BCUT2D eigenvalue weighted by molar-refractivity contribution is 8.13. The van der Waals surface area contributed by atoms with Gasteiger partial charge in [0.1, 0.15) is 0 Å². The molecule has 1 aromatic rings. The number of likely N-dealkylation sites (tertiary alicyclic amines) is 1. The lowest BCUT2D eigenvalue weighted by molar-refractivity contribution is -0.129. The number of halogens is 1. The molecular weight excluding hydrogens is 286 g/mol. The van der Waals surface area contributed by atoms with Gasteiger partial charge < -0.3 is 4.90 Å². The van der Waals surface area contributed by atoms with Gasteiger partial charge in [0.2, 0.25) is 15.0 Å². The maximum atomic E-state index is 12.0. The van der Waals surface area contributed by atoms with E-state index in [0.29, 0.717) is 6.54 Å². The summed E-state index contributed by atoms with van der Waals surface area (Å²) in [7, 11) is 1.70. The van der Waals surface area contributed by atoms with Crippen molar-refractivity contribution in [3.8, 4) is 0 Å². The van der Waals surface area contributed by atoms with Crippen LogP contribution in [0.15, 0.2) is 30.3 Å². The molecule has 1 heterocycles. The number of hydrogen-bond acceptors (Lipinski definition) is 3. The molecule has 1 aliphatic rings. The molecule has 0 saturated carbocycles. The summed E-state index contributed by atoms with van der Waals surface area (Å²) >= 11 is 0. The first-order valence-electron chi connectivity index (χ1n) is 6.13. The van der Waals surface area contributed by atoms with Crippen molar-refractivity contribution in [2.24, 2.45) is 5.92 Å². The highest BCUT2D eigenvalue weighted by Crippen LogP contribution is 2.29. The molecule has 0 aliphatic carbocycles. The summed E-state index contributed by atoms with van der Waals surface area (Å²) in [5, 5.41) is 0. The zero-order valence-electron chi connectivity index (χ0n) is 10.6. The van der Waals surface area contributed by atoms with Crippen molar-refractivity contribution in [1.82, 2.24) is 4.90 Å². The van der Waals surface area contributed by atoms with E-state index in [1.165, 1.54) is 0 Å². The zero-order valence-corrected chi connectivity index (χ0v) is 12.2. The van der Waals surface area contributed by atoms with Gasteiger partial charge in [-0.1, -0.05) is 30.3 Å². The van der Waals surface area contributed by atoms with Crippen LogP contribution in [0.4, 0.5) is 0 Å². The molecule has 0 spiro atoms. The summed E-state index contributed by atoms with van der Waals surface area (Å²) in [5.74, 6) is -0.360. The standard InChI is InChI=1S/C13H16ClNO3S/c1-10(12-5-3-2-4-6-12)15-8-11(7-13(15)16)9-19(14,17)18/h2-6,10-11H,7-9H2,1H3. The lowest BCUT2D eigenvalue weighted by Gasteiger charge is -2.25. The number of carbonyl (C=O) groups is 1. The predicted molar refractivity (Wildman–Crippen MR) is 74.3 cm³/mol. The first-order valence-corrected chi connectivity index (χ1v) is 8.61. The molecule has 1 fully saturated rings. The molecule has 1 aromatic carbocycles. The van der Waals surface area contributed by atoms with Gasteiger partial charge in [-0.15, -0.1) is 0 Å². The van der Waals surface area contributed by atoms with Gasteiger partial charge in [-0.3, -0.25) is 4.79 Å². The zero-order chi connectivity index (χ0) is 14.0. The Morgan fingerprint density at radius 3 is 2.58 bits per heavy atom. The van der Waals surface area contributed by atoms with Crippen molar-refractivity contribution in [3.63, 3.8) is 0 Å². The summed E-state index contributed by atoms with van der Waals surface area (Å²) in [6.45, 7) is 2.39. The van der Waals surface area contributed by atoms with Crippen LogP contribution in [0.25, 0.3) is 0 Å². The number of benzene rings is 1. The van der Waals surface area contributed by atoms with E-state index in [1.807, 2.05) is 37.3 Å². The van der Waals surface area contributed by atoms with Crippen molar-refractivity contribution in [3.05, 3.63) is 35.9 Å². The fourth-order valence-corrected chi connectivity index (χ4v) is 3.81. The van der Waals surface area contributed by atoms with Crippen LogP contribution in [0.2, 0.25) is 0 Å². The molecule has 2 unspecified atom stereocenters. The Labute approximate surface area is 117 Å². The van der Waals surface area contributed by atoms with Gasteiger partial charge in [0.15, 0.2) is 0 Å². The number of hydrogen-bond donors (Lipinski definition) is 0. The largest absolute Gasteiger partial charge is 0.336 e. The first-order chi connectivity index (χ1) is 8.87. The molecule has 0 N–H and O–H groups in total. The minimum Gasteiger partial charge on any atom is -0.336 e. The van der Waals surface area contributed by atoms with E-state index in [4.69, 9.17) is 10.7 Å². The second-order valence-corrected chi connectivity index (χ2v) is 7.73. The maximum absolute atomic E-state index is 12.0. The van der Waals surface area contributed by atoms with Gasteiger partial charge in [0, 0.05) is 29.6 Å². The molecule has 19 heavy (non-hydrogen) atoms. The minimum atomic E-state index is -3.55. The second-order valence-electron chi connectivity index (χ2n) is 4.91. The van der Waals surface area contributed by atoms with Crippen LogP contribution in [0.5, 0.6) is 0 Å². The Hall–Kier alpha value is -1.07. The average molecular weight is 302 g/mol. The molecule has 104 valence electrons. The second kappa shape index (κ2) is 5.51. The van der Waals surface area contributed by atoms with Crippen molar-refractivity contribution in [2.45, 2.75) is 19.4 Å². The van der Waals surface area contributed by atoms with Gasteiger partial charge in [0.05, 0.1) is 11.8 Å². The minimum absolute atomic E-state index is 0.0123. The number of rotatable bonds is 4. The maximum Gasteiger partial charge on any atom is 0.232 e. The number of carbonyl (C=O) groups excluding carboxylic acids is 1. The molecule has 1 saturated heterocycles. The van der Waals surface area contributed by atoms with Crippen LogP contribution >= 0.6 is 10.7 Å². The third-order valence-electron chi connectivity index (χ3n) is 3.42. The van der Waals surface area contributed by atoms with E-state index in [-0.39, 0.29) is 30.0 Å². The van der Waals surface area contributed by atoms with E-state index in [1.54, 1.807) is 4.90 Å². The normalized spacial score (nSPS) is 21.7. The van der Waals surface area contributed by atoms with Crippen LogP contribution in [0.3, 0.4) is 0 Å². The summed E-state index contributed by atoms with van der Waals surface area (Å²) in [5.41, 5.74) is 1.05. The molecule has 0 bridgehead atoms. The van der Waals surface area contributed by atoms with E-state index >= 15 is 0 Å². The van der Waals surface area contributed by atoms with Crippen LogP contribution < -0.4 is 0 Å². The molecule has 4 nitrogen and oxygen atoms in total. The van der Waals surface area contributed by atoms with Crippen molar-refractivity contribution < 1.29 is 13.2 Å². The molecule has 2 rings (SSSR count). The smallest absolute Gasteiger partial charge is 0.232 e. The Morgan fingerprint density at radius 1 is 1.37 bits per heavy atom. The molecule has 6 heteroatoms. The molecule has 2 atom stereocenters. The van der Waals surface area contributed by atoms with Crippen molar-refractivity contribution in [2.75, 3.05) is 12.3 Å². The summed E-state index contributed by atoms with van der Waals surface area (Å²) in [6, 6.07) is 9.65. The molecule has 0 radical (unpaired) electrons. The monoisotopic (exact) mass is 301 g/mol. The highest BCUT2D eigenvalue weighted by Gasteiger charge is 2.35. The van der Waals surface area contributed by atoms with Gasteiger partial charge >= 0.3 is 0 Å². The third-order valence-corrected chi connectivity index (χ3v) is 4.67. The molecule has 1 amide bonds. The average Bonchev–Trinajstić information content (AvgIpc) is 2.68. The Kier molecular flexibility index (Phi) is 4.16. The fourth-order valence-electron chi connectivity index (χ4n) is 2.49. The fraction of sp³-hybridized carbons (Fsp3) is 0.462.